The van der Waals surface area contributed by atoms with E-state index in [9.17, 15) is 0 Å². The van der Waals surface area contributed by atoms with Crippen LogP contribution in [0.3, 0.4) is 0 Å². The van der Waals surface area contributed by atoms with Crippen LogP contribution in [0.25, 0.3) is 22.4 Å². The molecule has 4 nitrogen and oxygen atoms in total. The summed E-state index contributed by atoms with van der Waals surface area (Å²) in [5, 5.41) is 0.496. The van der Waals surface area contributed by atoms with Crippen molar-refractivity contribution in [3.05, 3.63) is 47.5 Å². The third-order valence-corrected chi connectivity index (χ3v) is 3.63. The molecular weight excluding hydrogens is 272 g/mol. The van der Waals surface area contributed by atoms with E-state index in [0.717, 1.165) is 22.3 Å². The lowest BCUT2D eigenvalue weighted by molar-refractivity contribution is 0.994. The van der Waals surface area contributed by atoms with Gasteiger partial charge in [-0.2, -0.15) is 0 Å². The first-order valence-corrected chi connectivity index (χ1v) is 6.93. The maximum atomic E-state index is 6.11. The third kappa shape index (κ3) is 2.12. The van der Waals surface area contributed by atoms with Gasteiger partial charge in [-0.05, 0) is 37.1 Å². The third-order valence-electron chi connectivity index (χ3n) is 3.44. The Morgan fingerprint density at radius 2 is 1.75 bits per heavy atom. The van der Waals surface area contributed by atoms with Crippen molar-refractivity contribution in [3.63, 3.8) is 0 Å². The van der Waals surface area contributed by atoms with Crippen molar-refractivity contribution in [2.75, 3.05) is 0 Å². The molecule has 2 heterocycles. The van der Waals surface area contributed by atoms with Gasteiger partial charge in [0.15, 0.2) is 5.82 Å². The predicted octanol–water partition coefficient (Wildman–Crippen LogP) is 3.62. The zero-order valence-corrected chi connectivity index (χ0v) is 11.4. The molecular formula is C15H11ClN4. The van der Waals surface area contributed by atoms with E-state index in [0.29, 0.717) is 16.9 Å². The maximum Gasteiger partial charge on any atom is 0.161 e. The Hall–Kier alpha value is -2.07. The fourth-order valence-electron chi connectivity index (χ4n) is 2.25. The second kappa shape index (κ2) is 4.49. The normalized spacial score (nSPS) is 14.7. The smallest absolute Gasteiger partial charge is 0.161 e. The molecule has 0 amide bonds. The van der Waals surface area contributed by atoms with Crippen molar-refractivity contribution in [1.29, 1.82) is 0 Å². The van der Waals surface area contributed by atoms with E-state index < -0.39 is 0 Å². The van der Waals surface area contributed by atoms with Gasteiger partial charge in [0.1, 0.15) is 5.15 Å². The molecule has 0 atom stereocenters. The molecule has 0 bridgehead atoms. The minimum absolute atomic E-state index is 0.496. The lowest BCUT2D eigenvalue weighted by Crippen LogP contribution is -1.95. The molecule has 98 valence electrons. The number of halogens is 1. The first-order valence-electron chi connectivity index (χ1n) is 6.55. The van der Waals surface area contributed by atoms with Crippen LogP contribution in [0.5, 0.6) is 0 Å². The molecule has 0 saturated heterocycles. The van der Waals surface area contributed by atoms with Crippen LogP contribution in [0.2, 0.25) is 5.15 Å². The number of hydrogen-bond donors (Lipinski definition) is 0. The van der Waals surface area contributed by atoms with Gasteiger partial charge in [-0.1, -0.05) is 11.6 Å². The van der Waals surface area contributed by atoms with Crippen LogP contribution in [0.4, 0.5) is 0 Å². The molecule has 1 fully saturated rings. The largest absolute Gasteiger partial charge is 0.253 e. The molecule has 1 aliphatic carbocycles. The Balaban J connectivity index is 1.85. The average Bonchev–Trinajstić information content (AvgIpc) is 3.31. The number of rotatable bonds is 2. The molecule has 0 unspecified atom stereocenters. The van der Waals surface area contributed by atoms with Gasteiger partial charge in [0.2, 0.25) is 0 Å². The van der Waals surface area contributed by atoms with Gasteiger partial charge < -0.3 is 0 Å². The monoisotopic (exact) mass is 282 g/mol. The van der Waals surface area contributed by atoms with E-state index in [1.807, 2.05) is 24.3 Å². The van der Waals surface area contributed by atoms with E-state index in [1.54, 1.807) is 12.4 Å². The lowest BCUT2D eigenvalue weighted by atomic mass is 10.1. The topological polar surface area (TPSA) is 51.6 Å². The summed E-state index contributed by atoms with van der Waals surface area (Å²) in [6.45, 7) is 0. The molecule has 1 aliphatic rings. The Bertz CT molecular complexity index is 799. The van der Waals surface area contributed by atoms with Gasteiger partial charge in [-0.15, -0.1) is 0 Å². The van der Waals surface area contributed by atoms with Crippen LogP contribution in [-0.2, 0) is 0 Å². The molecule has 1 saturated carbocycles. The summed E-state index contributed by atoms with van der Waals surface area (Å²) in [6.07, 6.45) is 5.75. The van der Waals surface area contributed by atoms with E-state index in [1.165, 1.54) is 12.8 Å². The fourth-order valence-corrected chi connectivity index (χ4v) is 2.45. The summed E-state index contributed by atoms with van der Waals surface area (Å²) in [7, 11) is 0. The highest BCUT2D eigenvalue weighted by Gasteiger charge is 2.26. The van der Waals surface area contributed by atoms with Crippen molar-refractivity contribution < 1.29 is 0 Å². The van der Waals surface area contributed by atoms with Crippen LogP contribution < -0.4 is 0 Å². The highest BCUT2D eigenvalue weighted by molar-refractivity contribution is 6.29. The predicted molar refractivity (Wildman–Crippen MR) is 77.5 cm³/mol. The fraction of sp³-hybridized carbons (Fsp3) is 0.200. The van der Waals surface area contributed by atoms with Gasteiger partial charge in [-0.25, -0.2) is 9.97 Å². The number of aromatic nitrogens is 4. The summed E-state index contributed by atoms with van der Waals surface area (Å²) in [5.41, 5.74) is 3.66. The number of benzene rings is 1. The van der Waals surface area contributed by atoms with Gasteiger partial charge in [0.25, 0.3) is 0 Å². The van der Waals surface area contributed by atoms with Gasteiger partial charge in [0.05, 0.1) is 11.0 Å². The van der Waals surface area contributed by atoms with Gasteiger partial charge in [0, 0.05) is 29.6 Å². The first kappa shape index (κ1) is 11.7. The van der Waals surface area contributed by atoms with Crippen molar-refractivity contribution >= 4 is 22.6 Å². The molecule has 0 radical (unpaired) electrons. The first-order chi connectivity index (χ1) is 9.79. The Morgan fingerprint density at radius 3 is 2.55 bits per heavy atom. The number of hydrogen-bond acceptors (Lipinski definition) is 4. The van der Waals surface area contributed by atoms with E-state index >= 15 is 0 Å². The highest BCUT2D eigenvalue weighted by Crippen LogP contribution is 2.40. The standard InChI is InChI=1S/C15H11ClN4/c16-14-8-12(9-1-2-9)19-15(20-14)10-3-4-11-13(7-10)18-6-5-17-11/h3-9H,1-2H2. The second-order valence-electron chi connectivity index (χ2n) is 4.97. The number of fused-ring (bicyclic) bond motifs is 1. The van der Waals surface area contributed by atoms with Crippen molar-refractivity contribution in [2.45, 2.75) is 18.8 Å². The van der Waals surface area contributed by atoms with Crippen molar-refractivity contribution in [1.82, 2.24) is 19.9 Å². The molecule has 3 aromatic rings. The molecule has 2 aromatic heterocycles. The highest BCUT2D eigenvalue weighted by atomic mass is 35.5. The lowest BCUT2D eigenvalue weighted by Gasteiger charge is -2.05. The molecule has 0 N–H and O–H groups in total. The minimum Gasteiger partial charge on any atom is -0.253 e. The summed E-state index contributed by atoms with van der Waals surface area (Å²) < 4.78 is 0. The SMILES string of the molecule is Clc1cc(C2CC2)nc(-c2ccc3nccnc3c2)n1. The zero-order chi connectivity index (χ0) is 13.5. The van der Waals surface area contributed by atoms with Crippen LogP contribution in [0.15, 0.2) is 36.7 Å². The summed E-state index contributed by atoms with van der Waals surface area (Å²) >= 11 is 6.11. The molecule has 20 heavy (non-hydrogen) atoms. The summed E-state index contributed by atoms with van der Waals surface area (Å²) in [5.74, 6) is 1.21. The maximum absolute atomic E-state index is 6.11. The Morgan fingerprint density at radius 1 is 0.950 bits per heavy atom. The van der Waals surface area contributed by atoms with Crippen LogP contribution in [0.1, 0.15) is 24.5 Å². The summed E-state index contributed by atoms with van der Waals surface area (Å²) in [4.78, 5) is 17.5. The van der Waals surface area contributed by atoms with Crippen LogP contribution in [0, 0.1) is 0 Å². The second-order valence-corrected chi connectivity index (χ2v) is 5.36. The molecule has 0 spiro atoms. The van der Waals surface area contributed by atoms with Gasteiger partial charge >= 0.3 is 0 Å². The number of nitrogens with zero attached hydrogens (tertiary/aromatic N) is 4. The summed E-state index contributed by atoms with van der Waals surface area (Å²) in [6, 6.07) is 7.70. The molecule has 0 aliphatic heterocycles. The van der Waals surface area contributed by atoms with Crippen LogP contribution in [-0.4, -0.2) is 19.9 Å². The molecule has 5 heteroatoms. The quantitative estimate of drug-likeness (QED) is 0.674. The van der Waals surface area contributed by atoms with E-state index in [-0.39, 0.29) is 0 Å². The molecule has 1 aromatic carbocycles. The van der Waals surface area contributed by atoms with E-state index in [2.05, 4.69) is 19.9 Å². The molecule has 4 rings (SSSR count). The van der Waals surface area contributed by atoms with E-state index in [4.69, 9.17) is 11.6 Å². The van der Waals surface area contributed by atoms with Crippen LogP contribution >= 0.6 is 11.6 Å². The zero-order valence-electron chi connectivity index (χ0n) is 10.6. The minimum atomic E-state index is 0.496. The Labute approximate surface area is 120 Å². The Kier molecular flexibility index (Phi) is 2.63. The van der Waals surface area contributed by atoms with Crippen molar-refractivity contribution in [3.8, 4) is 11.4 Å². The van der Waals surface area contributed by atoms with Gasteiger partial charge in [-0.3, -0.25) is 9.97 Å². The average molecular weight is 283 g/mol. The van der Waals surface area contributed by atoms with Crippen molar-refractivity contribution in [2.24, 2.45) is 0 Å².